The minimum Gasteiger partial charge on any atom is -0.465 e. The second-order valence-corrected chi connectivity index (χ2v) is 8.73. The number of allylic oxidation sites excluding steroid dienone is 4. The van der Waals surface area contributed by atoms with Crippen LogP contribution in [0, 0.1) is 0 Å². The highest BCUT2D eigenvalue weighted by Crippen LogP contribution is 2.38. The number of fused-ring (bicyclic) bond motifs is 1. The average Bonchev–Trinajstić information content (AvgIpc) is 3.16. The summed E-state index contributed by atoms with van der Waals surface area (Å²) in [6, 6.07) is 7.65. The molecule has 1 amide bonds. The summed E-state index contributed by atoms with van der Waals surface area (Å²) >= 11 is 1.35. The Morgan fingerprint density at radius 2 is 2.10 bits per heavy atom. The van der Waals surface area contributed by atoms with Crippen molar-refractivity contribution in [2.45, 2.75) is 19.5 Å². The van der Waals surface area contributed by atoms with Crippen LogP contribution in [-0.2, 0) is 25.0 Å². The van der Waals surface area contributed by atoms with Gasteiger partial charge in [-0.05, 0) is 41.6 Å². The maximum absolute atomic E-state index is 11.8. The van der Waals surface area contributed by atoms with Gasteiger partial charge in [-0.15, -0.1) is 11.3 Å². The van der Waals surface area contributed by atoms with Gasteiger partial charge in [0, 0.05) is 16.9 Å². The second-order valence-electron chi connectivity index (χ2n) is 6.04. The van der Waals surface area contributed by atoms with Crippen LogP contribution in [-0.4, -0.2) is 31.0 Å². The Morgan fingerprint density at radius 3 is 2.83 bits per heavy atom. The van der Waals surface area contributed by atoms with Gasteiger partial charge < -0.3 is 15.0 Å². The number of hydrogen-bond donors (Lipinski definition) is 2. The van der Waals surface area contributed by atoms with Gasteiger partial charge in [0.25, 0.3) is 5.91 Å². The molecule has 2 aromatic rings. The van der Waals surface area contributed by atoms with Crippen molar-refractivity contribution in [2.75, 3.05) is 13.2 Å². The zero-order valence-electron chi connectivity index (χ0n) is 16.5. The molecular weight excluding hydrogens is 423 g/mol. The standard InChI is InChI=1S/C21H23N2O5PS/c1-2-10-27-20(25)14-23-29(28-11-6-4-3-5-9-24)15-16-7-8-18-17(12-16)13-19(30-18)21(22)26/h3-8,11-13,23H,2,10,14-15H2,1H3,(H2,22,26)/b4-3-,11-6+. The lowest BCUT2D eigenvalue weighted by Gasteiger charge is -2.17. The molecule has 0 radical (unpaired) electrons. The number of benzene rings is 1. The quantitative estimate of drug-likeness (QED) is 0.169. The van der Waals surface area contributed by atoms with Crippen LogP contribution in [0.2, 0.25) is 0 Å². The average molecular weight is 446 g/mol. The van der Waals surface area contributed by atoms with E-state index in [9.17, 15) is 14.4 Å². The number of carbonyl (C=O) groups excluding carboxylic acids is 3. The molecule has 1 atom stereocenters. The first-order chi connectivity index (χ1) is 14.5. The molecule has 0 aliphatic rings. The Labute approximate surface area is 180 Å². The van der Waals surface area contributed by atoms with Crippen molar-refractivity contribution in [1.82, 2.24) is 5.09 Å². The van der Waals surface area contributed by atoms with Gasteiger partial charge in [-0.1, -0.05) is 25.1 Å². The number of carbonyl (C=O) groups is 2. The van der Waals surface area contributed by atoms with Crippen LogP contribution in [0.5, 0.6) is 0 Å². The van der Waals surface area contributed by atoms with E-state index in [1.165, 1.54) is 29.8 Å². The van der Waals surface area contributed by atoms with E-state index in [1.54, 1.807) is 24.2 Å². The predicted molar refractivity (Wildman–Crippen MR) is 120 cm³/mol. The van der Waals surface area contributed by atoms with Gasteiger partial charge in [0.1, 0.15) is 12.5 Å². The second kappa shape index (κ2) is 12.7. The molecule has 0 bridgehead atoms. The van der Waals surface area contributed by atoms with Crippen LogP contribution < -0.4 is 10.8 Å². The van der Waals surface area contributed by atoms with E-state index in [2.05, 4.69) is 5.09 Å². The van der Waals surface area contributed by atoms with Crippen LogP contribution in [0.25, 0.3) is 10.1 Å². The lowest BCUT2D eigenvalue weighted by atomic mass is 10.2. The molecule has 0 saturated heterocycles. The summed E-state index contributed by atoms with van der Waals surface area (Å²) in [5.41, 5.74) is 6.35. The monoisotopic (exact) mass is 446 g/mol. The zero-order chi connectivity index (χ0) is 21.8. The fourth-order valence-corrected chi connectivity index (χ4v) is 4.55. The van der Waals surface area contributed by atoms with Gasteiger partial charge in [-0.25, -0.2) is 4.79 Å². The van der Waals surface area contributed by atoms with Gasteiger partial charge in [0.15, 0.2) is 8.30 Å². The van der Waals surface area contributed by atoms with Gasteiger partial charge in [-0.3, -0.25) is 14.7 Å². The third kappa shape index (κ3) is 7.93. The van der Waals surface area contributed by atoms with Crippen molar-refractivity contribution in [3.05, 3.63) is 65.3 Å². The first-order valence-corrected chi connectivity index (χ1v) is 11.5. The fourth-order valence-electron chi connectivity index (χ4n) is 2.34. The van der Waals surface area contributed by atoms with Crippen LogP contribution >= 0.6 is 19.6 Å². The molecule has 7 nitrogen and oxygen atoms in total. The minimum absolute atomic E-state index is 0.0375. The van der Waals surface area contributed by atoms with E-state index < -0.39 is 14.2 Å². The molecule has 0 aliphatic carbocycles. The summed E-state index contributed by atoms with van der Waals surface area (Å²) in [6.07, 6.45) is 8.85. The number of nitrogens with one attached hydrogen (secondary N) is 1. The van der Waals surface area contributed by atoms with E-state index in [1.807, 2.05) is 25.1 Å². The van der Waals surface area contributed by atoms with E-state index in [0.29, 0.717) is 17.6 Å². The predicted octanol–water partition coefficient (Wildman–Crippen LogP) is 3.83. The number of ether oxygens (including phenoxy) is 1. The Morgan fingerprint density at radius 1 is 1.27 bits per heavy atom. The number of amides is 1. The van der Waals surface area contributed by atoms with Gasteiger partial charge in [-0.2, -0.15) is 0 Å². The summed E-state index contributed by atoms with van der Waals surface area (Å²) in [5.74, 6) is 0.862. The summed E-state index contributed by atoms with van der Waals surface area (Å²) < 4.78 is 11.8. The Kier molecular flexibility index (Phi) is 9.98. The van der Waals surface area contributed by atoms with Crippen molar-refractivity contribution in [3.8, 4) is 0 Å². The van der Waals surface area contributed by atoms with Gasteiger partial charge >= 0.3 is 5.97 Å². The molecule has 1 heterocycles. The third-order valence-corrected chi connectivity index (χ3v) is 6.34. The molecule has 0 spiro atoms. The minimum atomic E-state index is -1.22. The Hall–Kier alpha value is -2.76. The van der Waals surface area contributed by atoms with Gasteiger partial charge in [0.2, 0.25) is 0 Å². The largest absolute Gasteiger partial charge is 0.465 e. The number of rotatable bonds is 12. The molecule has 0 aliphatic heterocycles. The fraction of sp³-hybridized carbons (Fsp3) is 0.238. The zero-order valence-corrected chi connectivity index (χ0v) is 18.2. The molecule has 1 unspecified atom stereocenters. The molecule has 0 saturated carbocycles. The molecular formula is C21H23N2O5PS. The molecule has 1 aromatic heterocycles. The van der Waals surface area contributed by atoms with Crippen LogP contribution in [0.1, 0.15) is 28.6 Å². The Balaban J connectivity index is 2.07. The molecule has 0 fully saturated rings. The number of esters is 1. The normalized spacial score (nSPS) is 12.2. The maximum atomic E-state index is 11.8. The third-order valence-electron chi connectivity index (χ3n) is 3.67. The first-order valence-electron chi connectivity index (χ1n) is 9.22. The molecule has 2 rings (SSSR count). The molecule has 9 heteroatoms. The number of nitrogens with two attached hydrogens (primary N) is 1. The van der Waals surface area contributed by atoms with Gasteiger partial charge in [0.05, 0.1) is 17.7 Å². The smallest absolute Gasteiger partial charge is 0.320 e. The van der Waals surface area contributed by atoms with E-state index in [-0.39, 0.29) is 12.5 Å². The first kappa shape index (κ1) is 23.5. The van der Waals surface area contributed by atoms with Crippen molar-refractivity contribution in [2.24, 2.45) is 5.73 Å². The van der Waals surface area contributed by atoms with E-state index in [4.69, 9.17) is 15.0 Å². The number of hydrogen-bond acceptors (Lipinski definition) is 7. The van der Waals surface area contributed by atoms with Crippen LogP contribution in [0.15, 0.2) is 54.8 Å². The van der Waals surface area contributed by atoms with Crippen molar-refractivity contribution >= 4 is 47.5 Å². The molecule has 30 heavy (non-hydrogen) atoms. The Bertz CT molecular complexity index is 979. The van der Waals surface area contributed by atoms with Crippen molar-refractivity contribution < 1.29 is 23.6 Å². The topological polar surface area (TPSA) is 108 Å². The van der Waals surface area contributed by atoms with E-state index >= 15 is 0 Å². The van der Waals surface area contributed by atoms with Crippen LogP contribution in [0.3, 0.4) is 0 Å². The summed E-state index contributed by atoms with van der Waals surface area (Å²) in [5, 5.41) is 4.03. The summed E-state index contributed by atoms with van der Waals surface area (Å²) in [4.78, 5) is 33.9. The summed E-state index contributed by atoms with van der Waals surface area (Å²) in [7, 11) is -1.22. The van der Waals surface area contributed by atoms with Crippen molar-refractivity contribution in [3.63, 3.8) is 0 Å². The van der Waals surface area contributed by atoms with Crippen LogP contribution in [0.4, 0.5) is 0 Å². The highest BCUT2D eigenvalue weighted by molar-refractivity contribution is 7.49. The van der Waals surface area contributed by atoms with E-state index in [0.717, 1.165) is 22.1 Å². The highest BCUT2D eigenvalue weighted by Gasteiger charge is 2.14. The SMILES string of the molecule is CCCOC(=O)CNP(Cc1ccc2sc(C(N)=O)cc2c1)O/C=C/C=C\C=C=O. The lowest BCUT2D eigenvalue weighted by molar-refractivity contribution is -0.142. The molecule has 1 aromatic carbocycles. The molecule has 3 N–H and O–H groups in total. The van der Waals surface area contributed by atoms with Crippen molar-refractivity contribution in [1.29, 1.82) is 0 Å². The number of primary amides is 1. The number of thiophene rings is 1. The highest BCUT2D eigenvalue weighted by atomic mass is 32.1. The lowest BCUT2D eigenvalue weighted by Crippen LogP contribution is -2.22. The maximum Gasteiger partial charge on any atom is 0.320 e. The summed E-state index contributed by atoms with van der Waals surface area (Å²) in [6.45, 7) is 2.35. The molecule has 158 valence electrons.